The highest BCUT2D eigenvalue weighted by molar-refractivity contribution is 9.10. The lowest BCUT2D eigenvalue weighted by Crippen LogP contribution is -2.24. The average molecular weight is 243 g/mol. The van der Waals surface area contributed by atoms with Crippen molar-refractivity contribution in [1.82, 2.24) is 4.98 Å². The molecule has 1 unspecified atom stereocenters. The Morgan fingerprint density at radius 3 is 3.08 bits per heavy atom. The summed E-state index contributed by atoms with van der Waals surface area (Å²) < 4.78 is 14.0. The van der Waals surface area contributed by atoms with Crippen LogP contribution in [-0.2, 0) is 6.42 Å². The van der Waals surface area contributed by atoms with Crippen LogP contribution in [0.3, 0.4) is 0 Å². The summed E-state index contributed by atoms with van der Waals surface area (Å²) in [5, 5.41) is 7.54. The van der Waals surface area contributed by atoms with Crippen molar-refractivity contribution in [2.45, 2.75) is 19.0 Å². The molecule has 0 fully saturated rings. The van der Waals surface area contributed by atoms with Gasteiger partial charge in [-0.15, -0.1) is 0 Å². The molecular formula is C9H8BrFN2. The third kappa shape index (κ3) is 1.39. The second-order valence-electron chi connectivity index (χ2n) is 3.07. The van der Waals surface area contributed by atoms with E-state index in [1.807, 2.05) is 0 Å². The molecule has 1 atom stereocenters. The minimum absolute atomic E-state index is 0.0649. The predicted molar refractivity (Wildman–Crippen MR) is 52.0 cm³/mol. The van der Waals surface area contributed by atoms with Gasteiger partial charge in [0.2, 0.25) is 0 Å². The predicted octanol–water partition coefficient (Wildman–Crippen LogP) is 2.50. The first-order valence-corrected chi connectivity index (χ1v) is 4.84. The molecule has 1 aromatic rings. The van der Waals surface area contributed by atoms with Gasteiger partial charge in [-0.3, -0.25) is 4.98 Å². The molecule has 1 heterocycles. The number of halogens is 2. The fourth-order valence-electron chi connectivity index (χ4n) is 1.53. The molecule has 1 aliphatic carbocycles. The molecule has 1 aromatic heterocycles. The number of aromatic nitrogens is 1. The number of hydrogen-bond donors (Lipinski definition) is 1. The Morgan fingerprint density at radius 1 is 1.54 bits per heavy atom. The number of nitrogens with one attached hydrogen (secondary N) is 1. The maximum atomic E-state index is 13.1. The molecule has 0 bridgehead atoms. The Hall–Kier alpha value is -0.770. The molecule has 2 rings (SSSR count). The SMILES string of the molecule is N=C1c2cncc(Br)c2CCC1F. The van der Waals surface area contributed by atoms with Crippen molar-refractivity contribution >= 4 is 21.6 Å². The number of rotatable bonds is 0. The molecule has 0 radical (unpaired) electrons. The van der Waals surface area contributed by atoms with Crippen LogP contribution in [0.5, 0.6) is 0 Å². The highest BCUT2D eigenvalue weighted by Gasteiger charge is 2.25. The smallest absolute Gasteiger partial charge is 0.142 e. The van der Waals surface area contributed by atoms with E-state index in [1.54, 1.807) is 12.4 Å². The van der Waals surface area contributed by atoms with Crippen LogP contribution in [0.4, 0.5) is 4.39 Å². The Balaban J connectivity index is 2.55. The van der Waals surface area contributed by atoms with E-state index in [-0.39, 0.29) is 5.71 Å². The lowest BCUT2D eigenvalue weighted by molar-refractivity contribution is 0.394. The lowest BCUT2D eigenvalue weighted by atomic mass is 9.90. The molecule has 4 heteroatoms. The van der Waals surface area contributed by atoms with Gasteiger partial charge in [-0.1, -0.05) is 0 Å². The Labute approximate surface area is 83.8 Å². The third-order valence-corrected chi connectivity index (χ3v) is 2.94. The molecule has 0 saturated carbocycles. The minimum Gasteiger partial charge on any atom is -0.302 e. The molecule has 0 aromatic carbocycles. The van der Waals surface area contributed by atoms with E-state index in [2.05, 4.69) is 20.9 Å². The first-order valence-electron chi connectivity index (χ1n) is 4.05. The zero-order valence-corrected chi connectivity index (χ0v) is 8.44. The monoisotopic (exact) mass is 242 g/mol. The van der Waals surface area contributed by atoms with E-state index >= 15 is 0 Å². The van der Waals surface area contributed by atoms with Crippen molar-refractivity contribution < 1.29 is 4.39 Å². The zero-order valence-electron chi connectivity index (χ0n) is 6.85. The number of nitrogens with zero attached hydrogens (tertiary/aromatic N) is 1. The van der Waals surface area contributed by atoms with Gasteiger partial charge >= 0.3 is 0 Å². The molecule has 0 amide bonds. The Morgan fingerprint density at radius 2 is 2.31 bits per heavy atom. The molecule has 0 spiro atoms. The summed E-state index contributed by atoms with van der Waals surface area (Å²) in [7, 11) is 0. The van der Waals surface area contributed by atoms with Crippen molar-refractivity contribution in [3.8, 4) is 0 Å². The topological polar surface area (TPSA) is 36.7 Å². The van der Waals surface area contributed by atoms with Crippen LogP contribution in [0.25, 0.3) is 0 Å². The van der Waals surface area contributed by atoms with Gasteiger partial charge in [0.15, 0.2) is 0 Å². The van der Waals surface area contributed by atoms with Crippen molar-refractivity contribution in [3.63, 3.8) is 0 Å². The lowest BCUT2D eigenvalue weighted by Gasteiger charge is -2.20. The van der Waals surface area contributed by atoms with Gasteiger partial charge in [0.05, 0.1) is 5.71 Å². The van der Waals surface area contributed by atoms with Crippen molar-refractivity contribution in [3.05, 3.63) is 28.0 Å². The third-order valence-electron chi connectivity index (χ3n) is 2.26. The molecule has 1 N–H and O–H groups in total. The Bertz CT molecular complexity index is 365. The number of hydrogen-bond acceptors (Lipinski definition) is 2. The highest BCUT2D eigenvalue weighted by Crippen LogP contribution is 2.28. The summed E-state index contributed by atoms with van der Waals surface area (Å²) in [6, 6.07) is 0. The number of alkyl halides is 1. The van der Waals surface area contributed by atoms with Crippen LogP contribution >= 0.6 is 15.9 Å². The first-order chi connectivity index (χ1) is 6.20. The van der Waals surface area contributed by atoms with E-state index < -0.39 is 6.17 Å². The van der Waals surface area contributed by atoms with Gasteiger partial charge in [-0.05, 0) is 34.3 Å². The van der Waals surface area contributed by atoms with Crippen molar-refractivity contribution in [2.24, 2.45) is 0 Å². The molecule has 1 aliphatic rings. The summed E-state index contributed by atoms with van der Waals surface area (Å²) >= 11 is 3.35. The van der Waals surface area contributed by atoms with E-state index in [4.69, 9.17) is 5.41 Å². The van der Waals surface area contributed by atoms with E-state index in [0.29, 0.717) is 18.4 Å². The largest absolute Gasteiger partial charge is 0.302 e. The highest BCUT2D eigenvalue weighted by atomic mass is 79.9. The quantitative estimate of drug-likeness (QED) is 0.746. The summed E-state index contributed by atoms with van der Waals surface area (Å²) in [6.07, 6.45) is 3.22. The standard InChI is InChI=1S/C9H8BrFN2/c10-7-4-13-3-6-5(7)1-2-8(11)9(6)12/h3-4,8,12H,1-2H2. The molecule has 68 valence electrons. The van der Waals surface area contributed by atoms with Crippen molar-refractivity contribution in [1.29, 1.82) is 5.41 Å². The number of pyridine rings is 1. The second kappa shape index (κ2) is 3.18. The Kier molecular flexibility index (Phi) is 2.15. The summed E-state index contributed by atoms with van der Waals surface area (Å²) in [6.45, 7) is 0. The van der Waals surface area contributed by atoms with Crippen LogP contribution < -0.4 is 0 Å². The molecule has 0 aliphatic heterocycles. The normalized spacial score (nSPS) is 21.4. The fourth-order valence-corrected chi connectivity index (χ4v) is 2.06. The maximum Gasteiger partial charge on any atom is 0.142 e. The molecule has 0 saturated heterocycles. The molecule has 2 nitrogen and oxygen atoms in total. The van der Waals surface area contributed by atoms with Gasteiger partial charge in [-0.2, -0.15) is 0 Å². The number of fused-ring (bicyclic) bond motifs is 1. The van der Waals surface area contributed by atoms with E-state index in [9.17, 15) is 4.39 Å². The van der Waals surface area contributed by atoms with Gasteiger partial charge in [0.1, 0.15) is 6.17 Å². The van der Waals surface area contributed by atoms with Crippen molar-refractivity contribution in [2.75, 3.05) is 0 Å². The van der Waals surface area contributed by atoms with Crippen LogP contribution in [0.15, 0.2) is 16.9 Å². The van der Waals surface area contributed by atoms with Gasteiger partial charge in [0, 0.05) is 22.4 Å². The van der Waals surface area contributed by atoms with Gasteiger partial charge in [-0.25, -0.2) is 4.39 Å². The van der Waals surface area contributed by atoms with E-state index in [0.717, 1.165) is 10.0 Å². The van der Waals surface area contributed by atoms with Crippen LogP contribution in [0, 0.1) is 5.41 Å². The fraction of sp³-hybridized carbons (Fsp3) is 0.333. The van der Waals surface area contributed by atoms with Crippen LogP contribution in [-0.4, -0.2) is 16.9 Å². The summed E-state index contributed by atoms with van der Waals surface area (Å²) in [5.74, 6) is 0. The van der Waals surface area contributed by atoms with Crippen LogP contribution in [0.2, 0.25) is 0 Å². The van der Waals surface area contributed by atoms with E-state index in [1.165, 1.54) is 0 Å². The molecule has 13 heavy (non-hydrogen) atoms. The average Bonchev–Trinajstić information content (AvgIpc) is 2.12. The van der Waals surface area contributed by atoms with Gasteiger partial charge < -0.3 is 5.41 Å². The second-order valence-corrected chi connectivity index (χ2v) is 3.92. The summed E-state index contributed by atoms with van der Waals surface area (Å²) in [4.78, 5) is 3.93. The van der Waals surface area contributed by atoms with Crippen LogP contribution in [0.1, 0.15) is 17.5 Å². The maximum absolute atomic E-state index is 13.1. The molecular weight excluding hydrogens is 235 g/mol. The zero-order chi connectivity index (χ0) is 9.42. The minimum atomic E-state index is -1.12. The summed E-state index contributed by atoms with van der Waals surface area (Å²) in [5.41, 5.74) is 1.72. The van der Waals surface area contributed by atoms with Gasteiger partial charge in [0.25, 0.3) is 0 Å². The first kappa shape index (κ1) is 8.81.